The number of hydrogen-bond donors (Lipinski definition) is 0. The lowest BCUT2D eigenvalue weighted by Gasteiger charge is -2.13. The Bertz CT molecular complexity index is 889. The zero-order valence-electron chi connectivity index (χ0n) is 15.0. The lowest BCUT2D eigenvalue weighted by atomic mass is 10.2. The minimum Gasteiger partial charge on any atom is -0.302 e. The maximum Gasteiger partial charge on any atom is 0.191 e. The first-order valence-corrected chi connectivity index (χ1v) is 10.2. The second-order valence-electron chi connectivity index (χ2n) is 6.71. The lowest BCUT2D eigenvalue weighted by molar-refractivity contribution is 0.498. The van der Waals surface area contributed by atoms with E-state index < -0.39 is 0 Å². The summed E-state index contributed by atoms with van der Waals surface area (Å²) >= 11 is 14.1. The molecular formula is C20H21Cl2N3S. The summed E-state index contributed by atoms with van der Waals surface area (Å²) in [7, 11) is 0. The fourth-order valence-electron chi connectivity index (χ4n) is 2.63. The van der Waals surface area contributed by atoms with Crippen molar-refractivity contribution in [3.05, 3.63) is 63.6 Å². The van der Waals surface area contributed by atoms with Gasteiger partial charge in [0.05, 0.1) is 5.02 Å². The van der Waals surface area contributed by atoms with Gasteiger partial charge in [-0.15, -0.1) is 10.2 Å². The number of rotatable bonds is 6. The summed E-state index contributed by atoms with van der Waals surface area (Å²) in [4.78, 5) is 0. The average molecular weight is 406 g/mol. The highest BCUT2D eigenvalue weighted by atomic mass is 35.5. The van der Waals surface area contributed by atoms with Gasteiger partial charge in [-0.3, -0.25) is 0 Å². The van der Waals surface area contributed by atoms with Crippen molar-refractivity contribution in [2.24, 2.45) is 5.92 Å². The van der Waals surface area contributed by atoms with Gasteiger partial charge in [-0.05, 0) is 36.6 Å². The Balaban J connectivity index is 1.90. The van der Waals surface area contributed by atoms with E-state index in [-0.39, 0.29) is 0 Å². The van der Waals surface area contributed by atoms with Crippen LogP contribution < -0.4 is 0 Å². The maximum absolute atomic E-state index is 6.40. The summed E-state index contributed by atoms with van der Waals surface area (Å²) in [5, 5.41) is 11.0. The van der Waals surface area contributed by atoms with Gasteiger partial charge in [0.15, 0.2) is 11.0 Å². The van der Waals surface area contributed by atoms with Gasteiger partial charge in [0.25, 0.3) is 0 Å². The lowest BCUT2D eigenvalue weighted by Crippen LogP contribution is -2.08. The molecular weight excluding hydrogens is 385 g/mol. The van der Waals surface area contributed by atoms with E-state index in [4.69, 9.17) is 23.2 Å². The molecule has 0 saturated heterocycles. The van der Waals surface area contributed by atoms with Crippen LogP contribution in [0.25, 0.3) is 11.4 Å². The normalized spacial score (nSPS) is 11.3. The van der Waals surface area contributed by atoms with E-state index >= 15 is 0 Å². The summed E-state index contributed by atoms with van der Waals surface area (Å²) in [6.45, 7) is 7.29. The predicted molar refractivity (Wildman–Crippen MR) is 111 cm³/mol. The van der Waals surface area contributed by atoms with Crippen LogP contribution in [0, 0.1) is 12.8 Å². The second kappa shape index (κ2) is 8.47. The number of aromatic nitrogens is 3. The van der Waals surface area contributed by atoms with Crippen LogP contribution in [-0.2, 0) is 12.3 Å². The third kappa shape index (κ3) is 4.61. The third-order valence-corrected chi connectivity index (χ3v) is 5.51. The number of hydrogen-bond acceptors (Lipinski definition) is 3. The highest BCUT2D eigenvalue weighted by Crippen LogP contribution is 2.32. The Kier molecular flexibility index (Phi) is 6.28. The Morgan fingerprint density at radius 2 is 1.77 bits per heavy atom. The first-order chi connectivity index (χ1) is 12.4. The minimum absolute atomic E-state index is 0.467. The zero-order chi connectivity index (χ0) is 18.7. The molecule has 3 aromatic rings. The van der Waals surface area contributed by atoms with Gasteiger partial charge in [-0.25, -0.2) is 0 Å². The van der Waals surface area contributed by atoms with Crippen molar-refractivity contribution in [2.45, 2.75) is 38.2 Å². The van der Waals surface area contributed by atoms with Crippen molar-refractivity contribution in [2.75, 3.05) is 0 Å². The summed E-state index contributed by atoms with van der Waals surface area (Å²) in [5.41, 5.74) is 3.39. The quantitative estimate of drug-likeness (QED) is 0.437. The van der Waals surface area contributed by atoms with Crippen LogP contribution in [-0.4, -0.2) is 14.8 Å². The van der Waals surface area contributed by atoms with Crippen LogP contribution >= 0.6 is 35.0 Å². The molecule has 1 aromatic heterocycles. The number of halogens is 2. The van der Waals surface area contributed by atoms with Crippen molar-refractivity contribution < 1.29 is 0 Å². The molecule has 0 aliphatic heterocycles. The molecule has 0 saturated carbocycles. The van der Waals surface area contributed by atoms with Crippen molar-refractivity contribution in [1.82, 2.24) is 14.8 Å². The van der Waals surface area contributed by atoms with Gasteiger partial charge in [-0.2, -0.15) is 0 Å². The van der Waals surface area contributed by atoms with Gasteiger partial charge in [0.1, 0.15) is 0 Å². The van der Waals surface area contributed by atoms with Crippen molar-refractivity contribution in [3.63, 3.8) is 0 Å². The predicted octanol–water partition coefficient (Wildman–Crippen LogP) is 6.51. The van der Waals surface area contributed by atoms with Crippen LogP contribution in [0.2, 0.25) is 10.0 Å². The molecule has 0 N–H and O–H groups in total. The molecule has 0 aliphatic rings. The van der Waals surface area contributed by atoms with Crippen LogP contribution in [0.5, 0.6) is 0 Å². The third-order valence-electron chi connectivity index (χ3n) is 3.93. The zero-order valence-corrected chi connectivity index (χ0v) is 17.4. The van der Waals surface area contributed by atoms with Crippen LogP contribution in [0.1, 0.15) is 25.0 Å². The molecule has 0 atom stereocenters. The Labute approximate surface area is 168 Å². The van der Waals surface area contributed by atoms with Gasteiger partial charge in [0.2, 0.25) is 0 Å². The molecule has 0 radical (unpaired) electrons. The van der Waals surface area contributed by atoms with E-state index in [0.29, 0.717) is 16.0 Å². The molecule has 6 heteroatoms. The van der Waals surface area contributed by atoms with E-state index in [2.05, 4.69) is 59.8 Å². The van der Waals surface area contributed by atoms with Gasteiger partial charge >= 0.3 is 0 Å². The fraction of sp³-hybridized carbons (Fsp3) is 0.300. The van der Waals surface area contributed by atoms with E-state index in [1.807, 2.05) is 12.1 Å². The Hall–Kier alpha value is -1.49. The molecule has 0 amide bonds. The van der Waals surface area contributed by atoms with Crippen LogP contribution in [0.4, 0.5) is 0 Å². The van der Waals surface area contributed by atoms with Crippen molar-refractivity contribution >= 4 is 35.0 Å². The van der Waals surface area contributed by atoms with Gasteiger partial charge in [-0.1, -0.05) is 78.6 Å². The second-order valence-corrected chi connectivity index (χ2v) is 8.50. The summed E-state index contributed by atoms with van der Waals surface area (Å²) in [6, 6.07) is 14.0. The molecule has 0 spiro atoms. The minimum atomic E-state index is 0.467. The number of benzene rings is 2. The smallest absolute Gasteiger partial charge is 0.191 e. The molecule has 0 bridgehead atoms. The molecule has 136 valence electrons. The van der Waals surface area contributed by atoms with E-state index in [1.54, 1.807) is 17.8 Å². The Morgan fingerprint density at radius 3 is 2.42 bits per heavy atom. The summed E-state index contributed by atoms with van der Waals surface area (Å²) in [5.74, 6) is 2.10. The summed E-state index contributed by atoms with van der Waals surface area (Å²) in [6.07, 6.45) is 0. The number of thioether (sulfide) groups is 1. The molecule has 1 heterocycles. The SMILES string of the molecule is Cc1ccc(CSc2nnc(-c3ccc(Cl)cc3Cl)n2CC(C)C)cc1. The molecule has 26 heavy (non-hydrogen) atoms. The Morgan fingerprint density at radius 1 is 1.04 bits per heavy atom. The number of aryl methyl sites for hydroxylation is 1. The van der Waals surface area contributed by atoms with Crippen LogP contribution in [0.3, 0.4) is 0 Å². The topological polar surface area (TPSA) is 30.7 Å². The largest absolute Gasteiger partial charge is 0.302 e. The molecule has 0 unspecified atom stereocenters. The average Bonchev–Trinajstić information content (AvgIpc) is 2.96. The maximum atomic E-state index is 6.40. The van der Waals surface area contributed by atoms with Gasteiger partial charge < -0.3 is 4.57 Å². The van der Waals surface area contributed by atoms with E-state index in [9.17, 15) is 0 Å². The highest BCUT2D eigenvalue weighted by molar-refractivity contribution is 7.98. The standard InChI is InChI=1S/C20H21Cl2N3S/c1-13(2)11-25-19(17-9-8-16(21)10-18(17)22)23-24-20(25)26-12-15-6-4-14(3)5-7-15/h4-10,13H,11-12H2,1-3H3. The molecule has 0 fully saturated rings. The van der Waals surface area contributed by atoms with E-state index in [1.165, 1.54) is 11.1 Å². The van der Waals surface area contributed by atoms with Crippen molar-refractivity contribution in [3.8, 4) is 11.4 Å². The first kappa shape index (κ1) is 19.3. The number of nitrogens with zero attached hydrogens (tertiary/aromatic N) is 3. The first-order valence-electron chi connectivity index (χ1n) is 8.51. The molecule has 3 rings (SSSR count). The highest BCUT2D eigenvalue weighted by Gasteiger charge is 2.17. The molecule has 2 aromatic carbocycles. The molecule has 0 aliphatic carbocycles. The fourth-order valence-corrected chi connectivity index (χ4v) is 4.02. The van der Waals surface area contributed by atoms with Gasteiger partial charge in [0, 0.05) is 22.9 Å². The van der Waals surface area contributed by atoms with Crippen molar-refractivity contribution in [1.29, 1.82) is 0 Å². The monoisotopic (exact) mass is 405 g/mol. The van der Waals surface area contributed by atoms with Crippen LogP contribution in [0.15, 0.2) is 47.6 Å². The summed E-state index contributed by atoms with van der Waals surface area (Å²) < 4.78 is 2.15. The molecule has 3 nitrogen and oxygen atoms in total. The van der Waals surface area contributed by atoms with E-state index in [0.717, 1.165) is 28.8 Å².